The number of ether oxygens (including phenoxy) is 1. The molecule has 0 bridgehead atoms. The zero-order valence-corrected chi connectivity index (χ0v) is 20.9. The summed E-state index contributed by atoms with van der Waals surface area (Å²) in [7, 11) is 0. The molecule has 2 aliphatic rings. The van der Waals surface area contributed by atoms with Gasteiger partial charge in [0.05, 0.1) is 12.3 Å². The molecule has 1 atom stereocenters. The summed E-state index contributed by atoms with van der Waals surface area (Å²) in [5.74, 6) is 1.84. The van der Waals surface area contributed by atoms with Crippen LogP contribution in [0.3, 0.4) is 0 Å². The van der Waals surface area contributed by atoms with Crippen molar-refractivity contribution in [1.29, 1.82) is 0 Å². The van der Waals surface area contributed by atoms with Crippen molar-refractivity contribution in [2.75, 3.05) is 25.0 Å². The lowest BCUT2D eigenvalue weighted by Crippen LogP contribution is -2.42. The summed E-state index contributed by atoms with van der Waals surface area (Å²) >= 11 is 0. The van der Waals surface area contributed by atoms with Crippen molar-refractivity contribution in [3.8, 4) is 5.75 Å². The van der Waals surface area contributed by atoms with Gasteiger partial charge in [-0.15, -0.1) is 0 Å². The molecule has 3 N–H and O–H groups in total. The molecule has 3 heterocycles. The minimum atomic E-state index is -0.684. The number of aromatic nitrogens is 3. The van der Waals surface area contributed by atoms with Gasteiger partial charge in [-0.2, -0.15) is 0 Å². The summed E-state index contributed by atoms with van der Waals surface area (Å²) in [6, 6.07) is 8.17. The molecule has 0 unspecified atom stereocenters. The molecule has 1 fully saturated rings. The molecule has 2 aromatic heterocycles. The van der Waals surface area contributed by atoms with Crippen molar-refractivity contribution in [3.63, 3.8) is 0 Å². The Morgan fingerprint density at radius 1 is 1.19 bits per heavy atom. The zero-order chi connectivity index (χ0) is 25.5. The predicted octanol–water partition coefficient (Wildman–Crippen LogP) is 2.94. The van der Waals surface area contributed by atoms with E-state index in [0.717, 1.165) is 38.1 Å². The number of rotatable bonds is 10. The van der Waals surface area contributed by atoms with E-state index in [1.807, 2.05) is 6.07 Å². The molecule has 1 saturated carbocycles. The molecule has 1 aliphatic carbocycles. The van der Waals surface area contributed by atoms with Crippen LogP contribution >= 0.6 is 0 Å². The van der Waals surface area contributed by atoms with E-state index < -0.39 is 6.10 Å². The molecule has 0 spiro atoms. The van der Waals surface area contributed by atoms with Gasteiger partial charge in [-0.25, -0.2) is 15.0 Å². The maximum absolute atomic E-state index is 12.6. The number of nitrogens with one attached hydrogen (secondary N) is 2. The third-order valence-corrected chi connectivity index (χ3v) is 6.96. The summed E-state index contributed by atoms with van der Waals surface area (Å²) < 4.78 is 11.0. The highest BCUT2D eigenvalue weighted by Crippen LogP contribution is 2.25. The first kappa shape index (κ1) is 25.2. The molecule has 5 rings (SSSR count). The highest BCUT2D eigenvalue weighted by Gasteiger charge is 2.21. The van der Waals surface area contributed by atoms with Crippen LogP contribution in [-0.4, -0.2) is 62.6 Å². The van der Waals surface area contributed by atoms with Gasteiger partial charge in [-0.3, -0.25) is 9.69 Å². The molecular formula is C27H34N6O4. The first-order valence-corrected chi connectivity index (χ1v) is 13.0. The number of β-amino-alcohol motifs (C(OH)–C–C–N with tert-alkyl or cyclic N) is 1. The van der Waals surface area contributed by atoms with Crippen molar-refractivity contribution in [2.24, 2.45) is 0 Å². The molecule has 10 nitrogen and oxygen atoms in total. The standard InChI is InChI=1S/C27H34N6O4/c34-22(12-29-27(35)25-11-26(31-17-30-25)32-21-4-2-1-3-5-21)15-33-9-8-19-10-23(7-6-20(19)14-33)36-16-24-13-28-18-37-24/h6-7,10-11,13,17-18,21-22,34H,1-5,8-9,12,14-16H2,(H,29,35)(H,30,31,32)/t22-/m0/s1. The van der Waals surface area contributed by atoms with Crippen molar-refractivity contribution >= 4 is 11.7 Å². The van der Waals surface area contributed by atoms with Gasteiger partial charge in [-0.1, -0.05) is 25.3 Å². The topological polar surface area (TPSA) is 126 Å². The lowest BCUT2D eigenvalue weighted by molar-refractivity contribution is 0.0838. The van der Waals surface area contributed by atoms with Crippen LogP contribution in [0.15, 0.2) is 47.6 Å². The monoisotopic (exact) mass is 506 g/mol. The largest absolute Gasteiger partial charge is 0.486 e. The van der Waals surface area contributed by atoms with Crippen molar-refractivity contribution in [2.45, 2.75) is 63.8 Å². The van der Waals surface area contributed by atoms with Gasteiger partial charge in [0, 0.05) is 38.3 Å². The molecule has 1 amide bonds. The van der Waals surface area contributed by atoms with Crippen molar-refractivity contribution < 1.29 is 19.1 Å². The molecule has 3 aromatic rings. The van der Waals surface area contributed by atoms with Crippen LogP contribution in [0.5, 0.6) is 5.75 Å². The normalized spacial score (nSPS) is 17.1. The van der Waals surface area contributed by atoms with Crippen molar-refractivity contribution in [3.05, 3.63) is 65.8 Å². The van der Waals surface area contributed by atoms with E-state index in [4.69, 9.17) is 9.15 Å². The Labute approximate surface area is 216 Å². The number of anilines is 1. The quantitative estimate of drug-likeness (QED) is 0.380. The number of hydrogen-bond acceptors (Lipinski definition) is 9. The average Bonchev–Trinajstić information content (AvgIpc) is 3.45. The molecule has 0 radical (unpaired) electrons. The second-order valence-corrected chi connectivity index (χ2v) is 9.80. The van der Waals surface area contributed by atoms with E-state index in [9.17, 15) is 9.90 Å². The van der Waals surface area contributed by atoms with E-state index in [1.165, 1.54) is 43.1 Å². The maximum Gasteiger partial charge on any atom is 0.270 e. The fourth-order valence-electron chi connectivity index (χ4n) is 4.98. The zero-order valence-electron chi connectivity index (χ0n) is 20.9. The number of carbonyl (C=O) groups excluding carboxylic acids is 1. The number of hydrogen-bond donors (Lipinski definition) is 3. The second kappa shape index (κ2) is 12.2. The Kier molecular flexibility index (Phi) is 8.27. The number of fused-ring (bicyclic) bond motifs is 1. The number of benzene rings is 1. The molecular weight excluding hydrogens is 472 g/mol. The fourth-order valence-corrected chi connectivity index (χ4v) is 4.98. The Hall–Kier alpha value is -3.50. The lowest BCUT2D eigenvalue weighted by atomic mass is 9.95. The van der Waals surface area contributed by atoms with E-state index in [-0.39, 0.29) is 12.5 Å². The van der Waals surface area contributed by atoms with E-state index in [1.54, 1.807) is 12.3 Å². The van der Waals surface area contributed by atoms with Crippen LogP contribution in [0, 0.1) is 0 Å². The summed E-state index contributed by atoms with van der Waals surface area (Å²) in [5, 5.41) is 16.8. The molecule has 0 saturated heterocycles. The van der Waals surface area contributed by atoms with Gasteiger partial charge in [0.15, 0.2) is 12.2 Å². The second-order valence-electron chi connectivity index (χ2n) is 9.80. The first-order valence-electron chi connectivity index (χ1n) is 13.0. The van der Waals surface area contributed by atoms with Crippen molar-refractivity contribution in [1.82, 2.24) is 25.2 Å². The molecule has 37 heavy (non-hydrogen) atoms. The Morgan fingerprint density at radius 3 is 2.92 bits per heavy atom. The van der Waals surface area contributed by atoms with Crippen LogP contribution in [-0.2, 0) is 19.6 Å². The summed E-state index contributed by atoms with van der Waals surface area (Å²) in [6.07, 6.45) is 10.6. The van der Waals surface area contributed by atoms with Crippen LogP contribution in [0.1, 0.15) is 59.5 Å². The highest BCUT2D eigenvalue weighted by molar-refractivity contribution is 5.92. The predicted molar refractivity (Wildman–Crippen MR) is 137 cm³/mol. The molecule has 1 aliphatic heterocycles. The van der Waals surface area contributed by atoms with Gasteiger partial charge in [0.25, 0.3) is 5.91 Å². The van der Waals surface area contributed by atoms with E-state index >= 15 is 0 Å². The third kappa shape index (κ3) is 7.05. The minimum Gasteiger partial charge on any atom is -0.486 e. The number of carbonyl (C=O) groups is 1. The van der Waals surface area contributed by atoms with E-state index in [0.29, 0.717) is 36.5 Å². The Bertz CT molecular complexity index is 1170. The van der Waals surface area contributed by atoms with Crippen LogP contribution in [0.25, 0.3) is 0 Å². The van der Waals surface area contributed by atoms with Gasteiger partial charge in [-0.05, 0) is 42.5 Å². The number of oxazole rings is 1. The van der Waals surface area contributed by atoms with Gasteiger partial charge in [0.1, 0.15) is 30.2 Å². The average molecular weight is 507 g/mol. The maximum atomic E-state index is 12.6. The van der Waals surface area contributed by atoms with Crippen LogP contribution in [0.4, 0.5) is 5.82 Å². The smallest absolute Gasteiger partial charge is 0.270 e. The number of aliphatic hydroxyl groups is 1. The Morgan fingerprint density at radius 2 is 2.08 bits per heavy atom. The number of aliphatic hydroxyl groups excluding tert-OH is 1. The highest BCUT2D eigenvalue weighted by atomic mass is 16.5. The van der Waals surface area contributed by atoms with Gasteiger partial charge >= 0.3 is 0 Å². The SMILES string of the molecule is O=C(NC[C@H](O)CN1CCc2cc(OCc3cnco3)ccc2C1)c1cc(NC2CCCCC2)ncn1. The first-order chi connectivity index (χ1) is 18.1. The molecule has 10 heteroatoms. The summed E-state index contributed by atoms with van der Waals surface area (Å²) in [5.41, 5.74) is 2.76. The third-order valence-electron chi connectivity index (χ3n) is 6.96. The molecule has 1 aromatic carbocycles. The summed E-state index contributed by atoms with van der Waals surface area (Å²) in [6.45, 7) is 2.54. The number of nitrogens with zero attached hydrogens (tertiary/aromatic N) is 4. The van der Waals surface area contributed by atoms with Crippen LogP contribution in [0.2, 0.25) is 0 Å². The van der Waals surface area contributed by atoms with E-state index in [2.05, 4.69) is 42.6 Å². The fraction of sp³-hybridized carbons (Fsp3) is 0.481. The van der Waals surface area contributed by atoms with Crippen LogP contribution < -0.4 is 15.4 Å². The molecule has 196 valence electrons. The summed E-state index contributed by atoms with van der Waals surface area (Å²) in [4.78, 5) is 27.1. The minimum absolute atomic E-state index is 0.159. The lowest BCUT2D eigenvalue weighted by Gasteiger charge is -2.30. The Balaban J connectivity index is 1.07. The van der Waals surface area contributed by atoms with Gasteiger partial charge < -0.3 is 24.9 Å². The van der Waals surface area contributed by atoms with Gasteiger partial charge in [0.2, 0.25) is 0 Å². The number of amides is 1.